The van der Waals surface area contributed by atoms with Crippen LogP contribution in [0.5, 0.6) is 5.75 Å². The SMILES string of the molecule is C=CCN(C)C[C@H]1CN2CC[C@H]1C[C@@H]2CNS(=O)(=O)c1ccc(OC)cc1. The minimum Gasteiger partial charge on any atom is -0.497 e. The van der Waals surface area contributed by atoms with Gasteiger partial charge in [0.15, 0.2) is 0 Å². The van der Waals surface area contributed by atoms with Crippen molar-refractivity contribution in [3.63, 3.8) is 0 Å². The topological polar surface area (TPSA) is 61.9 Å². The van der Waals surface area contributed by atoms with Gasteiger partial charge in [0.2, 0.25) is 10.0 Å². The van der Waals surface area contributed by atoms with Crippen molar-refractivity contribution in [1.82, 2.24) is 14.5 Å². The van der Waals surface area contributed by atoms with Gasteiger partial charge in [-0.3, -0.25) is 4.90 Å². The van der Waals surface area contributed by atoms with Crippen molar-refractivity contribution in [1.29, 1.82) is 0 Å². The van der Waals surface area contributed by atoms with Crippen molar-refractivity contribution < 1.29 is 13.2 Å². The van der Waals surface area contributed by atoms with Crippen LogP contribution in [0.2, 0.25) is 0 Å². The molecule has 3 saturated heterocycles. The van der Waals surface area contributed by atoms with E-state index in [0.29, 0.717) is 24.1 Å². The van der Waals surface area contributed by atoms with Crippen LogP contribution in [0.1, 0.15) is 12.8 Å². The Bertz CT molecular complexity index is 735. The predicted octanol–water partition coefficient (Wildman–Crippen LogP) is 1.80. The van der Waals surface area contributed by atoms with Gasteiger partial charge in [-0.2, -0.15) is 0 Å². The quantitative estimate of drug-likeness (QED) is 0.649. The number of hydrogen-bond donors (Lipinski definition) is 1. The molecular weight excluding hydrogens is 362 g/mol. The smallest absolute Gasteiger partial charge is 0.240 e. The van der Waals surface area contributed by atoms with Crippen molar-refractivity contribution in [3.8, 4) is 5.75 Å². The number of sulfonamides is 1. The molecule has 3 aliphatic rings. The molecule has 3 fully saturated rings. The van der Waals surface area contributed by atoms with Gasteiger partial charge in [0.25, 0.3) is 0 Å². The molecule has 3 heterocycles. The van der Waals surface area contributed by atoms with Crippen LogP contribution >= 0.6 is 0 Å². The highest BCUT2D eigenvalue weighted by molar-refractivity contribution is 7.89. The van der Waals surface area contributed by atoms with Crippen LogP contribution in [0.15, 0.2) is 41.8 Å². The number of fused-ring (bicyclic) bond motifs is 3. The first-order valence-electron chi connectivity index (χ1n) is 9.60. The lowest BCUT2D eigenvalue weighted by atomic mass is 9.75. The maximum Gasteiger partial charge on any atom is 0.240 e. The highest BCUT2D eigenvalue weighted by Gasteiger charge is 2.40. The Labute approximate surface area is 163 Å². The van der Waals surface area contributed by atoms with Gasteiger partial charge < -0.3 is 9.64 Å². The Hall–Kier alpha value is -1.41. The van der Waals surface area contributed by atoms with Crippen molar-refractivity contribution in [2.75, 3.05) is 46.9 Å². The third-order valence-corrected chi connectivity index (χ3v) is 7.32. The molecule has 7 heteroatoms. The second-order valence-corrected chi connectivity index (χ2v) is 9.50. The summed E-state index contributed by atoms with van der Waals surface area (Å²) in [5, 5.41) is 0. The lowest BCUT2D eigenvalue weighted by molar-refractivity contribution is -0.00640. The maximum absolute atomic E-state index is 12.6. The number of hydrogen-bond acceptors (Lipinski definition) is 5. The number of nitrogens with zero attached hydrogens (tertiary/aromatic N) is 2. The molecule has 0 amide bonds. The van der Waals surface area contributed by atoms with E-state index in [1.807, 2.05) is 6.08 Å². The monoisotopic (exact) mass is 393 g/mol. The van der Waals surface area contributed by atoms with E-state index in [4.69, 9.17) is 4.74 Å². The molecule has 27 heavy (non-hydrogen) atoms. The summed E-state index contributed by atoms with van der Waals surface area (Å²) in [6.07, 6.45) is 4.23. The zero-order valence-corrected chi connectivity index (χ0v) is 17.1. The van der Waals surface area contributed by atoms with E-state index in [1.54, 1.807) is 31.4 Å². The number of ether oxygens (including phenoxy) is 1. The first-order valence-corrected chi connectivity index (χ1v) is 11.1. The van der Waals surface area contributed by atoms with Crippen LogP contribution in [-0.4, -0.2) is 71.1 Å². The number of benzene rings is 1. The second kappa shape index (κ2) is 8.73. The zero-order valence-electron chi connectivity index (χ0n) is 16.3. The molecule has 0 aliphatic carbocycles. The van der Waals surface area contributed by atoms with E-state index in [1.165, 1.54) is 6.42 Å². The van der Waals surface area contributed by atoms with Crippen molar-refractivity contribution in [2.24, 2.45) is 11.8 Å². The first-order chi connectivity index (χ1) is 12.9. The van der Waals surface area contributed by atoms with E-state index < -0.39 is 10.0 Å². The van der Waals surface area contributed by atoms with Gasteiger partial charge in [-0.15, -0.1) is 6.58 Å². The first kappa shape index (κ1) is 20.3. The standard InChI is InChI=1S/C20H31N3O3S/c1-4-10-22(2)14-17-15-23-11-9-16(17)12-18(23)13-21-27(24,25)20-7-5-19(26-3)6-8-20/h4-8,16-18,21H,1,9-15H2,2-3H3/t16-,17-,18+/m0/s1. The van der Waals surface area contributed by atoms with E-state index in [0.717, 1.165) is 32.6 Å². The molecule has 1 N–H and O–H groups in total. The summed E-state index contributed by atoms with van der Waals surface area (Å²) in [6.45, 7) is 8.40. The van der Waals surface area contributed by atoms with Crippen molar-refractivity contribution in [3.05, 3.63) is 36.9 Å². The summed E-state index contributed by atoms with van der Waals surface area (Å²) >= 11 is 0. The zero-order chi connectivity index (χ0) is 19.4. The van der Waals surface area contributed by atoms with Gasteiger partial charge in [-0.1, -0.05) is 6.08 Å². The summed E-state index contributed by atoms with van der Waals surface area (Å²) in [7, 11) is 0.212. The van der Waals surface area contributed by atoms with Crippen LogP contribution in [0.4, 0.5) is 0 Å². The fourth-order valence-corrected chi connectivity index (χ4v) is 5.48. The number of piperidine rings is 3. The molecule has 1 aromatic rings. The van der Waals surface area contributed by atoms with Gasteiger partial charge in [0.1, 0.15) is 5.75 Å². The van der Waals surface area contributed by atoms with Crippen molar-refractivity contribution >= 4 is 10.0 Å². The number of nitrogens with one attached hydrogen (secondary N) is 1. The fraction of sp³-hybridized carbons (Fsp3) is 0.600. The lowest BCUT2D eigenvalue weighted by Crippen LogP contribution is -2.58. The Morgan fingerprint density at radius 3 is 2.70 bits per heavy atom. The van der Waals surface area contributed by atoms with Crippen LogP contribution in [0, 0.1) is 11.8 Å². The Morgan fingerprint density at radius 2 is 2.11 bits per heavy atom. The molecule has 150 valence electrons. The highest BCUT2D eigenvalue weighted by Crippen LogP contribution is 2.36. The summed E-state index contributed by atoms with van der Waals surface area (Å²) in [4.78, 5) is 5.06. The fourth-order valence-electron chi connectivity index (χ4n) is 4.41. The molecule has 1 unspecified atom stereocenters. The molecule has 0 spiro atoms. The van der Waals surface area contributed by atoms with E-state index in [-0.39, 0.29) is 10.9 Å². The summed E-state index contributed by atoms with van der Waals surface area (Å²) < 4.78 is 33.1. The Morgan fingerprint density at radius 1 is 1.37 bits per heavy atom. The molecular formula is C20H31N3O3S. The van der Waals surface area contributed by atoms with Crippen LogP contribution in [0.25, 0.3) is 0 Å². The predicted molar refractivity (Wildman–Crippen MR) is 107 cm³/mol. The molecule has 1 aromatic carbocycles. The minimum absolute atomic E-state index is 0.281. The Balaban J connectivity index is 1.55. The largest absolute Gasteiger partial charge is 0.497 e. The molecule has 6 nitrogen and oxygen atoms in total. The van der Waals surface area contributed by atoms with Gasteiger partial charge in [0.05, 0.1) is 12.0 Å². The third kappa shape index (κ3) is 4.90. The number of rotatable bonds is 9. The van der Waals surface area contributed by atoms with Gasteiger partial charge in [-0.05, 0) is 62.5 Å². The third-order valence-electron chi connectivity index (χ3n) is 5.88. The van der Waals surface area contributed by atoms with Crippen LogP contribution < -0.4 is 9.46 Å². The maximum atomic E-state index is 12.6. The summed E-state index contributed by atoms with van der Waals surface area (Å²) in [6, 6.07) is 6.80. The Kier molecular flexibility index (Phi) is 6.57. The average Bonchev–Trinajstić information content (AvgIpc) is 2.67. The van der Waals surface area contributed by atoms with Gasteiger partial charge >= 0.3 is 0 Å². The van der Waals surface area contributed by atoms with Gasteiger partial charge in [-0.25, -0.2) is 13.1 Å². The molecule has 3 aliphatic heterocycles. The normalized spacial score (nSPS) is 27.7. The van der Waals surface area contributed by atoms with E-state index >= 15 is 0 Å². The molecule has 4 atom stereocenters. The summed E-state index contributed by atoms with van der Waals surface area (Å²) in [5.41, 5.74) is 0. The molecule has 2 bridgehead atoms. The van der Waals surface area contributed by atoms with Crippen LogP contribution in [0.3, 0.4) is 0 Å². The molecule has 4 rings (SSSR count). The van der Waals surface area contributed by atoms with E-state index in [2.05, 4.69) is 28.1 Å². The van der Waals surface area contributed by atoms with E-state index in [9.17, 15) is 8.42 Å². The van der Waals surface area contributed by atoms with Gasteiger partial charge in [0, 0.05) is 32.2 Å². The molecule has 0 aromatic heterocycles. The number of likely N-dealkylation sites (N-methyl/N-ethyl adjacent to an activating group) is 1. The molecule has 0 saturated carbocycles. The summed E-state index contributed by atoms with van der Waals surface area (Å²) in [5.74, 6) is 1.99. The van der Waals surface area contributed by atoms with Crippen molar-refractivity contribution in [2.45, 2.75) is 23.8 Å². The lowest BCUT2D eigenvalue weighted by Gasteiger charge is -2.50. The average molecular weight is 394 g/mol. The number of methoxy groups -OCH3 is 1. The highest BCUT2D eigenvalue weighted by atomic mass is 32.2. The second-order valence-electron chi connectivity index (χ2n) is 7.73. The van der Waals surface area contributed by atoms with Crippen LogP contribution in [-0.2, 0) is 10.0 Å². The molecule has 0 radical (unpaired) electrons. The minimum atomic E-state index is -3.49.